The molecule has 106 valence electrons. The van der Waals surface area contributed by atoms with Crippen LogP contribution in [-0.4, -0.2) is 22.9 Å². The molecule has 0 aliphatic heterocycles. The van der Waals surface area contributed by atoms with E-state index in [2.05, 4.69) is 15.5 Å². The number of carbonyl (C=O) groups excluding carboxylic acids is 1. The molecule has 1 saturated carbocycles. The lowest BCUT2D eigenvalue weighted by molar-refractivity contribution is 0.147. The van der Waals surface area contributed by atoms with Crippen LogP contribution in [0.15, 0.2) is 0 Å². The highest BCUT2D eigenvalue weighted by Gasteiger charge is 2.20. The predicted molar refractivity (Wildman–Crippen MR) is 75.5 cm³/mol. The van der Waals surface area contributed by atoms with E-state index < -0.39 is 6.09 Å². The first-order valence-electron chi connectivity index (χ1n) is 6.92. The number of rotatable bonds is 4. The molecule has 0 bridgehead atoms. The van der Waals surface area contributed by atoms with E-state index in [-0.39, 0.29) is 0 Å². The summed E-state index contributed by atoms with van der Waals surface area (Å²) in [5.74, 6) is 0.853. The Kier molecular flexibility index (Phi) is 5.13. The average Bonchev–Trinajstić information content (AvgIpc) is 2.86. The summed E-state index contributed by atoms with van der Waals surface area (Å²) in [5.41, 5.74) is 0. The summed E-state index contributed by atoms with van der Waals surface area (Å²) in [6.07, 6.45) is 5.79. The van der Waals surface area contributed by atoms with Crippen LogP contribution in [0.4, 0.5) is 9.93 Å². The predicted octanol–water partition coefficient (Wildman–Crippen LogP) is 3.79. The van der Waals surface area contributed by atoms with Gasteiger partial charge in [-0.1, -0.05) is 44.4 Å². The molecule has 0 radical (unpaired) electrons. The maximum atomic E-state index is 11.5. The van der Waals surface area contributed by atoms with Gasteiger partial charge < -0.3 is 4.74 Å². The highest BCUT2D eigenvalue weighted by Crippen LogP contribution is 2.35. The first-order valence-corrected chi connectivity index (χ1v) is 7.74. The second-order valence-electron chi connectivity index (χ2n) is 5.40. The van der Waals surface area contributed by atoms with Crippen LogP contribution >= 0.6 is 11.3 Å². The second kappa shape index (κ2) is 6.84. The Morgan fingerprint density at radius 3 is 2.79 bits per heavy atom. The van der Waals surface area contributed by atoms with Gasteiger partial charge in [-0.15, -0.1) is 10.2 Å². The minimum Gasteiger partial charge on any atom is -0.449 e. The lowest BCUT2D eigenvalue weighted by atomic mass is 9.90. The van der Waals surface area contributed by atoms with Gasteiger partial charge in [0.1, 0.15) is 5.01 Å². The first-order chi connectivity index (χ1) is 9.15. The molecule has 0 atom stereocenters. The number of nitrogens with zero attached hydrogens (tertiary/aromatic N) is 2. The number of amides is 1. The standard InChI is InChI=1S/C13H21N3O2S/c1-9(2)8-18-13(17)14-12-16-15-11(19-12)10-6-4-3-5-7-10/h9-10H,3-8H2,1-2H3,(H,14,16,17). The van der Waals surface area contributed by atoms with Gasteiger partial charge in [0.25, 0.3) is 0 Å². The monoisotopic (exact) mass is 283 g/mol. The van der Waals surface area contributed by atoms with Crippen LogP contribution in [0.2, 0.25) is 0 Å². The van der Waals surface area contributed by atoms with E-state index in [1.807, 2.05) is 13.8 Å². The van der Waals surface area contributed by atoms with Gasteiger partial charge in [0.2, 0.25) is 5.13 Å². The summed E-state index contributed by atoms with van der Waals surface area (Å²) in [7, 11) is 0. The van der Waals surface area contributed by atoms with Gasteiger partial charge in [-0.05, 0) is 18.8 Å². The molecule has 0 unspecified atom stereocenters. The topological polar surface area (TPSA) is 64.1 Å². The van der Waals surface area contributed by atoms with E-state index in [0.717, 1.165) is 5.01 Å². The van der Waals surface area contributed by atoms with Crippen LogP contribution in [-0.2, 0) is 4.74 Å². The molecule has 1 heterocycles. The van der Waals surface area contributed by atoms with Gasteiger partial charge in [0, 0.05) is 5.92 Å². The highest BCUT2D eigenvalue weighted by atomic mass is 32.1. The molecule has 1 amide bonds. The minimum absolute atomic E-state index is 0.331. The molecule has 1 aromatic rings. The Labute approximate surface area is 117 Å². The molecule has 2 rings (SSSR count). The SMILES string of the molecule is CC(C)COC(=O)Nc1nnc(C2CCCCC2)s1. The molecule has 19 heavy (non-hydrogen) atoms. The van der Waals surface area contributed by atoms with E-state index >= 15 is 0 Å². The van der Waals surface area contributed by atoms with Crippen LogP contribution < -0.4 is 5.32 Å². The third kappa shape index (κ3) is 4.45. The van der Waals surface area contributed by atoms with Gasteiger partial charge in [0.05, 0.1) is 6.61 Å². The first kappa shape index (κ1) is 14.2. The van der Waals surface area contributed by atoms with Crippen molar-refractivity contribution in [2.45, 2.75) is 51.9 Å². The van der Waals surface area contributed by atoms with Crippen molar-refractivity contribution >= 4 is 22.6 Å². The smallest absolute Gasteiger partial charge is 0.413 e. The van der Waals surface area contributed by atoms with E-state index in [0.29, 0.717) is 23.6 Å². The summed E-state index contributed by atoms with van der Waals surface area (Å²) < 4.78 is 5.05. The zero-order valence-corrected chi connectivity index (χ0v) is 12.3. The molecule has 0 aromatic carbocycles. The third-order valence-electron chi connectivity index (χ3n) is 3.15. The minimum atomic E-state index is -0.444. The molecule has 1 N–H and O–H groups in total. The van der Waals surface area contributed by atoms with E-state index in [1.165, 1.54) is 43.4 Å². The van der Waals surface area contributed by atoms with Crippen molar-refractivity contribution in [2.24, 2.45) is 5.92 Å². The largest absolute Gasteiger partial charge is 0.449 e. The van der Waals surface area contributed by atoms with Crippen molar-refractivity contribution in [2.75, 3.05) is 11.9 Å². The van der Waals surface area contributed by atoms with Crippen LogP contribution in [0.25, 0.3) is 0 Å². The van der Waals surface area contributed by atoms with E-state index in [9.17, 15) is 4.79 Å². The Balaban J connectivity index is 1.84. The molecular weight excluding hydrogens is 262 g/mol. The zero-order chi connectivity index (χ0) is 13.7. The molecule has 1 aliphatic rings. The van der Waals surface area contributed by atoms with Crippen molar-refractivity contribution in [3.8, 4) is 0 Å². The van der Waals surface area contributed by atoms with Crippen molar-refractivity contribution in [1.82, 2.24) is 10.2 Å². The molecule has 1 aromatic heterocycles. The maximum absolute atomic E-state index is 11.5. The van der Waals surface area contributed by atoms with Crippen molar-refractivity contribution in [3.63, 3.8) is 0 Å². The maximum Gasteiger partial charge on any atom is 0.413 e. The molecule has 1 fully saturated rings. The fraction of sp³-hybridized carbons (Fsp3) is 0.769. The number of anilines is 1. The number of hydrogen-bond donors (Lipinski definition) is 1. The summed E-state index contributed by atoms with van der Waals surface area (Å²) in [4.78, 5) is 11.5. The second-order valence-corrected chi connectivity index (χ2v) is 6.41. The zero-order valence-electron chi connectivity index (χ0n) is 11.5. The number of nitrogens with one attached hydrogen (secondary N) is 1. The fourth-order valence-corrected chi connectivity index (χ4v) is 3.06. The average molecular weight is 283 g/mol. The lowest BCUT2D eigenvalue weighted by Crippen LogP contribution is -2.16. The Bertz CT molecular complexity index is 414. The number of aromatic nitrogens is 2. The summed E-state index contributed by atoms with van der Waals surface area (Å²) >= 11 is 1.47. The van der Waals surface area contributed by atoms with Gasteiger partial charge in [-0.2, -0.15) is 0 Å². The van der Waals surface area contributed by atoms with Crippen LogP contribution in [0, 0.1) is 5.92 Å². The molecule has 6 heteroatoms. The van der Waals surface area contributed by atoms with Gasteiger partial charge in [-0.25, -0.2) is 4.79 Å². The molecule has 1 aliphatic carbocycles. The summed E-state index contributed by atoms with van der Waals surface area (Å²) in [6, 6.07) is 0. The van der Waals surface area contributed by atoms with Crippen molar-refractivity contribution in [1.29, 1.82) is 0 Å². The van der Waals surface area contributed by atoms with Crippen LogP contribution in [0.3, 0.4) is 0 Å². The molecule has 5 nitrogen and oxygen atoms in total. The van der Waals surface area contributed by atoms with E-state index in [4.69, 9.17) is 4.74 Å². The summed E-state index contributed by atoms with van der Waals surface area (Å²) in [6.45, 7) is 4.42. The van der Waals surface area contributed by atoms with Crippen LogP contribution in [0.5, 0.6) is 0 Å². The fourth-order valence-electron chi connectivity index (χ4n) is 2.17. The number of carbonyl (C=O) groups is 1. The van der Waals surface area contributed by atoms with Gasteiger partial charge in [-0.3, -0.25) is 5.32 Å². The van der Waals surface area contributed by atoms with Crippen molar-refractivity contribution < 1.29 is 9.53 Å². The number of ether oxygens (including phenoxy) is 1. The third-order valence-corrected chi connectivity index (χ3v) is 4.15. The van der Waals surface area contributed by atoms with Gasteiger partial charge in [0.15, 0.2) is 0 Å². The molecule has 0 spiro atoms. The Morgan fingerprint density at radius 2 is 2.11 bits per heavy atom. The number of hydrogen-bond acceptors (Lipinski definition) is 5. The Morgan fingerprint density at radius 1 is 1.37 bits per heavy atom. The van der Waals surface area contributed by atoms with Crippen LogP contribution in [0.1, 0.15) is 56.9 Å². The molecular formula is C13H21N3O2S. The van der Waals surface area contributed by atoms with Gasteiger partial charge >= 0.3 is 6.09 Å². The van der Waals surface area contributed by atoms with Crippen molar-refractivity contribution in [3.05, 3.63) is 5.01 Å². The lowest BCUT2D eigenvalue weighted by Gasteiger charge is -2.18. The van der Waals surface area contributed by atoms with E-state index in [1.54, 1.807) is 0 Å². The quantitative estimate of drug-likeness (QED) is 0.913. The molecule has 0 saturated heterocycles. The normalized spacial score (nSPS) is 16.6. The Hall–Kier alpha value is -1.17. The highest BCUT2D eigenvalue weighted by molar-refractivity contribution is 7.15. The summed E-state index contributed by atoms with van der Waals surface area (Å²) in [5, 5.41) is 12.4.